The van der Waals surface area contributed by atoms with Crippen molar-refractivity contribution in [2.24, 2.45) is 5.41 Å². The summed E-state index contributed by atoms with van der Waals surface area (Å²) in [6.45, 7) is 4.42. The molecule has 3 N–H and O–H groups in total. The second-order valence-corrected chi connectivity index (χ2v) is 8.21. The van der Waals surface area contributed by atoms with Crippen LogP contribution < -0.4 is 10.6 Å². The summed E-state index contributed by atoms with van der Waals surface area (Å²) in [7, 11) is 0. The Labute approximate surface area is 175 Å². The number of aromatic nitrogens is 3. The smallest absolute Gasteiger partial charge is 0.416 e. The van der Waals surface area contributed by atoms with E-state index in [9.17, 15) is 23.1 Å². The number of rotatable bonds is 4. The summed E-state index contributed by atoms with van der Waals surface area (Å²) in [4.78, 5) is 15.9. The number of nitrogens with one attached hydrogen (secondary N) is 2. The van der Waals surface area contributed by atoms with Crippen LogP contribution in [0, 0.1) is 5.41 Å². The number of alkyl halides is 3. The van der Waals surface area contributed by atoms with Crippen molar-refractivity contribution in [3.8, 4) is 17.0 Å². The van der Waals surface area contributed by atoms with Crippen LogP contribution in [0.1, 0.15) is 25.8 Å². The minimum Gasteiger partial charge on any atom is -0.507 e. The molecule has 1 aliphatic heterocycles. The molecule has 2 aromatic heterocycles. The van der Waals surface area contributed by atoms with Crippen LogP contribution in [0.15, 0.2) is 36.7 Å². The highest BCUT2D eigenvalue weighted by Crippen LogP contribution is 2.38. The lowest BCUT2D eigenvalue weighted by Gasteiger charge is -2.26. The molecule has 4 rings (SSSR count). The first-order chi connectivity index (χ1) is 14.6. The van der Waals surface area contributed by atoms with Gasteiger partial charge < -0.3 is 15.7 Å². The molecule has 0 bridgehead atoms. The number of nitrogens with zero attached hydrogens (tertiary/aromatic N) is 3. The topological polar surface area (TPSA) is 100 Å². The van der Waals surface area contributed by atoms with Gasteiger partial charge in [-0.1, -0.05) is 13.8 Å². The van der Waals surface area contributed by atoms with E-state index in [1.54, 1.807) is 12.3 Å². The predicted octanol–water partition coefficient (Wildman–Crippen LogP) is 3.74. The predicted molar refractivity (Wildman–Crippen MR) is 108 cm³/mol. The quantitative estimate of drug-likeness (QED) is 0.582. The van der Waals surface area contributed by atoms with E-state index < -0.39 is 17.5 Å². The van der Waals surface area contributed by atoms with Crippen molar-refractivity contribution in [3.63, 3.8) is 0 Å². The van der Waals surface area contributed by atoms with E-state index in [0.29, 0.717) is 35.6 Å². The van der Waals surface area contributed by atoms with Gasteiger partial charge in [-0.2, -0.15) is 13.2 Å². The lowest BCUT2D eigenvalue weighted by molar-refractivity contribution is -0.137. The van der Waals surface area contributed by atoms with Crippen LogP contribution >= 0.6 is 0 Å². The fourth-order valence-electron chi connectivity index (χ4n) is 3.74. The van der Waals surface area contributed by atoms with Gasteiger partial charge in [-0.15, -0.1) is 10.2 Å². The number of carbonyl (C=O) groups excluding carboxylic acids is 1. The fourth-order valence-corrected chi connectivity index (χ4v) is 3.74. The van der Waals surface area contributed by atoms with Crippen molar-refractivity contribution in [2.75, 3.05) is 11.9 Å². The zero-order valence-electron chi connectivity index (χ0n) is 16.8. The van der Waals surface area contributed by atoms with Gasteiger partial charge in [0.2, 0.25) is 5.91 Å². The van der Waals surface area contributed by atoms with E-state index in [2.05, 4.69) is 25.8 Å². The minimum absolute atomic E-state index is 0.0115. The second kappa shape index (κ2) is 7.36. The Hall–Kier alpha value is -3.43. The van der Waals surface area contributed by atoms with Crippen molar-refractivity contribution >= 4 is 22.5 Å². The number of halogens is 3. The highest BCUT2D eigenvalue weighted by Gasteiger charge is 2.39. The summed E-state index contributed by atoms with van der Waals surface area (Å²) in [6.07, 6.45) is -1.04. The first-order valence-electron chi connectivity index (χ1n) is 9.60. The average Bonchev–Trinajstić information content (AvgIpc) is 2.96. The summed E-state index contributed by atoms with van der Waals surface area (Å²) in [5.74, 6) is -0.129. The number of hydrogen-bond acceptors (Lipinski definition) is 6. The number of pyridine rings is 1. The molecule has 1 atom stereocenters. The number of carbonyl (C=O) groups is 1. The van der Waals surface area contributed by atoms with Crippen LogP contribution in [-0.2, 0) is 11.0 Å². The first kappa shape index (κ1) is 20.8. The Morgan fingerprint density at radius 3 is 2.65 bits per heavy atom. The normalized spacial score (nSPS) is 18.2. The third-order valence-electron chi connectivity index (χ3n) is 5.53. The van der Waals surface area contributed by atoms with E-state index in [1.807, 2.05) is 13.8 Å². The Morgan fingerprint density at radius 1 is 1.23 bits per heavy atom. The van der Waals surface area contributed by atoms with Crippen LogP contribution in [0.4, 0.5) is 19.0 Å². The van der Waals surface area contributed by atoms with Gasteiger partial charge in [0.25, 0.3) is 0 Å². The summed E-state index contributed by atoms with van der Waals surface area (Å²) in [5, 5.41) is 25.8. The minimum atomic E-state index is -4.56. The Balaban J connectivity index is 1.69. The molecule has 0 spiro atoms. The Kier molecular flexibility index (Phi) is 4.95. The van der Waals surface area contributed by atoms with Gasteiger partial charge in [0.05, 0.1) is 11.6 Å². The van der Waals surface area contributed by atoms with Gasteiger partial charge in [-0.3, -0.25) is 9.78 Å². The molecular formula is C21H20F3N5O2. The van der Waals surface area contributed by atoms with Crippen molar-refractivity contribution < 1.29 is 23.1 Å². The lowest BCUT2D eigenvalue weighted by Crippen LogP contribution is -2.39. The molecule has 0 saturated carbocycles. The maximum Gasteiger partial charge on any atom is 0.416 e. The van der Waals surface area contributed by atoms with E-state index in [-0.39, 0.29) is 28.6 Å². The maximum atomic E-state index is 12.9. The zero-order chi connectivity index (χ0) is 22.4. The van der Waals surface area contributed by atoms with Gasteiger partial charge >= 0.3 is 6.18 Å². The maximum absolute atomic E-state index is 12.9. The standard InChI is InChI=1S/C21H20F3N5O2/c1-20(2)8-17(31)27-16(20)10-26-19-14-9-25-6-5-12(14)18(28-29-19)13-4-3-11(7-15(13)30)21(22,23)24/h3-7,9,16,30H,8,10H2,1-2H3,(H,26,29)(H,27,31)/t16-/m0/s1. The molecule has 3 aromatic rings. The average molecular weight is 431 g/mol. The molecule has 0 unspecified atom stereocenters. The number of anilines is 1. The van der Waals surface area contributed by atoms with Gasteiger partial charge in [-0.25, -0.2) is 0 Å². The van der Waals surface area contributed by atoms with Gasteiger partial charge in [-0.05, 0) is 29.7 Å². The number of phenolic OH excluding ortho intramolecular Hbond substituents is 1. The molecule has 1 saturated heterocycles. The molecule has 1 aliphatic rings. The molecule has 162 valence electrons. The third-order valence-corrected chi connectivity index (χ3v) is 5.53. The summed E-state index contributed by atoms with van der Waals surface area (Å²) < 4.78 is 38.8. The molecule has 0 aliphatic carbocycles. The van der Waals surface area contributed by atoms with E-state index in [0.717, 1.165) is 6.07 Å². The van der Waals surface area contributed by atoms with Gasteiger partial charge in [0.1, 0.15) is 11.4 Å². The van der Waals surface area contributed by atoms with E-state index in [1.165, 1.54) is 12.3 Å². The Bertz CT molecular complexity index is 1160. The highest BCUT2D eigenvalue weighted by atomic mass is 19.4. The van der Waals surface area contributed by atoms with Crippen molar-refractivity contribution in [1.29, 1.82) is 0 Å². The lowest BCUT2D eigenvalue weighted by atomic mass is 9.85. The largest absolute Gasteiger partial charge is 0.507 e. The van der Waals surface area contributed by atoms with Crippen LogP contribution in [-0.4, -0.2) is 38.8 Å². The molecule has 1 fully saturated rings. The van der Waals surface area contributed by atoms with Gasteiger partial charge in [0, 0.05) is 41.7 Å². The number of fused-ring (bicyclic) bond motifs is 1. The number of hydrogen-bond donors (Lipinski definition) is 3. The van der Waals surface area contributed by atoms with Crippen molar-refractivity contribution in [1.82, 2.24) is 20.5 Å². The van der Waals surface area contributed by atoms with Crippen LogP contribution in [0.3, 0.4) is 0 Å². The van der Waals surface area contributed by atoms with Crippen LogP contribution in [0.25, 0.3) is 22.0 Å². The molecule has 1 aromatic carbocycles. The zero-order valence-corrected chi connectivity index (χ0v) is 16.8. The summed E-state index contributed by atoms with van der Waals surface area (Å²) >= 11 is 0. The SMILES string of the molecule is CC1(C)CC(=O)N[C@H]1CNc1nnc(-c2ccc(C(F)(F)F)cc2O)c2ccncc12. The third kappa shape index (κ3) is 3.97. The number of aromatic hydroxyl groups is 1. The van der Waals surface area contributed by atoms with Gasteiger partial charge in [0.15, 0.2) is 5.82 Å². The van der Waals surface area contributed by atoms with Crippen LogP contribution in [0.5, 0.6) is 5.75 Å². The fraction of sp³-hybridized carbons (Fsp3) is 0.333. The van der Waals surface area contributed by atoms with E-state index >= 15 is 0 Å². The molecule has 31 heavy (non-hydrogen) atoms. The molecule has 7 nitrogen and oxygen atoms in total. The highest BCUT2D eigenvalue weighted by molar-refractivity contribution is 6.00. The van der Waals surface area contributed by atoms with E-state index in [4.69, 9.17) is 0 Å². The molecule has 3 heterocycles. The number of amides is 1. The van der Waals surface area contributed by atoms with Crippen molar-refractivity contribution in [3.05, 3.63) is 42.2 Å². The second-order valence-electron chi connectivity index (χ2n) is 8.21. The summed E-state index contributed by atoms with van der Waals surface area (Å²) in [5.41, 5.74) is -0.805. The van der Waals surface area contributed by atoms with Crippen molar-refractivity contribution in [2.45, 2.75) is 32.5 Å². The number of benzene rings is 1. The molecule has 1 amide bonds. The molecular weight excluding hydrogens is 411 g/mol. The number of phenols is 1. The first-order valence-corrected chi connectivity index (χ1v) is 9.60. The monoisotopic (exact) mass is 431 g/mol. The van der Waals surface area contributed by atoms with Crippen LogP contribution in [0.2, 0.25) is 0 Å². The Morgan fingerprint density at radius 2 is 2.00 bits per heavy atom. The molecule has 10 heteroatoms. The molecule has 0 radical (unpaired) electrons. The summed E-state index contributed by atoms with van der Waals surface area (Å²) in [6, 6.07) is 4.28.